The molecule has 0 spiro atoms. The minimum Gasteiger partial charge on any atom is -0.462 e. The number of halogens is 1. The fraction of sp³-hybridized carbons (Fsp3) is 0.0968. The summed E-state index contributed by atoms with van der Waals surface area (Å²) in [4.78, 5) is 27.7. The maximum absolute atomic E-state index is 13.9. The third kappa shape index (κ3) is 4.34. The van der Waals surface area contributed by atoms with Gasteiger partial charge in [-0.3, -0.25) is 4.79 Å². The van der Waals surface area contributed by atoms with Crippen molar-refractivity contribution in [3.8, 4) is 0 Å². The molecule has 0 amide bonds. The van der Waals surface area contributed by atoms with E-state index in [0.717, 1.165) is 25.5 Å². The van der Waals surface area contributed by atoms with E-state index in [2.05, 4.69) is 52.3 Å². The first-order valence-electron chi connectivity index (χ1n) is 12.2. The Morgan fingerprint density at radius 2 is 1.71 bits per heavy atom. The second-order valence-electron chi connectivity index (χ2n) is 8.76. The van der Waals surface area contributed by atoms with E-state index in [9.17, 15) is 9.59 Å². The zero-order valence-corrected chi connectivity index (χ0v) is 23.7. The van der Waals surface area contributed by atoms with E-state index in [1.54, 1.807) is 30.8 Å². The molecule has 0 atom stereocenters. The lowest BCUT2D eigenvalue weighted by Crippen LogP contribution is -2.06. The highest BCUT2D eigenvalue weighted by Crippen LogP contribution is 2.45. The average Bonchev–Trinajstić information content (AvgIpc) is 3.48. The molecule has 3 aromatic carbocycles. The molecule has 188 valence electrons. The molecule has 4 nitrogen and oxygen atoms in total. The molecule has 0 saturated heterocycles. The Kier molecular flexibility index (Phi) is 6.82. The molecular formula is C31H22BrNO3S2. The number of hydrogen-bond acceptors (Lipinski definition) is 5. The molecule has 0 N–H and O–H groups in total. The van der Waals surface area contributed by atoms with Crippen LogP contribution in [0.2, 0.25) is 0 Å². The van der Waals surface area contributed by atoms with Crippen molar-refractivity contribution < 1.29 is 14.3 Å². The van der Waals surface area contributed by atoms with Crippen molar-refractivity contribution in [2.45, 2.75) is 16.9 Å². The van der Waals surface area contributed by atoms with E-state index in [-0.39, 0.29) is 12.4 Å². The van der Waals surface area contributed by atoms with Crippen LogP contribution in [0.15, 0.2) is 99.8 Å². The quantitative estimate of drug-likeness (QED) is 0.104. The van der Waals surface area contributed by atoms with Gasteiger partial charge in [-0.1, -0.05) is 64.5 Å². The molecule has 0 radical (unpaired) electrons. The van der Waals surface area contributed by atoms with Crippen LogP contribution in [-0.2, 0) is 10.5 Å². The minimum absolute atomic E-state index is 0.106. The van der Waals surface area contributed by atoms with Crippen LogP contribution in [-0.4, -0.2) is 22.8 Å². The van der Waals surface area contributed by atoms with Crippen molar-refractivity contribution in [3.05, 3.63) is 117 Å². The van der Waals surface area contributed by atoms with E-state index in [1.807, 2.05) is 47.0 Å². The summed E-state index contributed by atoms with van der Waals surface area (Å²) in [6.07, 6.45) is 1.95. The zero-order chi connectivity index (χ0) is 26.2. The van der Waals surface area contributed by atoms with E-state index < -0.39 is 5.97 Å². The molecule has 38 heavy (non-hydrogen) atoms. The SMILES string of the molecule is CCOC(=O)c1c2c(C(=O)c3ccc(Br)cc3)sc(SCc3cccc4ccccc34)c2n2ccccc12. The van der Waals surface area contributed by atoms with Crippen LogP contribution in [0.5, 0.6) is 0 Å². The zero-order valence-electron chi connectivity index (χ0n) is 20.4. The normalized spacial score (nSPS) is 11.4. The third-order valence-electron chi connectivity index (χ3n) is 6.49. The fourth-order valence-corrected chi connectivity index (χ4v) is 7.58. The van der Waals surface area contributed by atoms with Crippen LogP contribution in [0.25, 0.3) is 27.2 Å². The Hall–Kier alpha value is -3.39. The van der Waals surface area contributed by atoms with Crippen molar-refractivity contribution in [2.24, 2.45) is 0 Å². The number of thioether (sulfide) groups is 1. The number of thiophene rings is 1. The van der Waals surface area contributed by atoms with E-state index in [0.29, 0.717) is 21.4 Å². The van der Waals surface area contributed by atoms with Crippen molar-refractivity contribution in [1.82, 2.24) is 4.40 Å². The summed E-state index contributed by atoms with van der Waals surface area (Å²) in [5, 5.41) is 3.08. The van der Waals surface area contributed by atoms with Crippen LogP contribution < -0.4 is 0 Å². The predicted octanol–water partition coefficient (Wildman–Crippen LogP) is 8.77. The third-order valence-corrected chi connectivity index (χ3v) is 9.51. The molecule has 3 heterocycles. The van der Waals surface area contributed by atoms with Gasteiger partial charge in [0.25, 0.3) is 0 Å². The lowest BCUT2D eigenvalue weighted by molar-refractivity contribution is 0.0531. The van der Waals surface area contributed by atoms with Gasteiger partial charge in [0.05, 0.1) is 32.3 Å². The van der Waals surface area contributed by atoms with Gasteiger partial charge in [-0.05, 0) is 59.7 Å². The number of hydrogen-bond donors (Lipinski definition) is 0. The summed E-state index contributed by atoms with van der Waals surface area (Å²) in [5.74, 6) is 0.211. The number of nitrogens with zero attached hydrogens (tertiary/aromatic N) is 1. The van der Waals surface area contributed by atoms with Crippen LogP contribution >= 0.6 is 39.0 Å². The molecule has 6 aromatic rings. The van der Waals surface area contributed by atoms with Gasteiger partial charge in [0.2, 0.25) is 5.78 Å². The minimum atomic E-state index is -0.417. The first-order chi connectivity index (χ1) is 18.6. The monoisotopic (exact) mass is 599 g/mol. The Bertz CT molecular complexity index is 1830. The number of carbonyl (C=O) groups excluding carboxylic acids is 2. The fourth-order valence-electron chi connectivity index (χ4n) is 4.78. The highest BCUT2D eigenvalue weighted by molar-refractivity contribution is 9.10. The standard InChI is InChI=1S/C31H22BrNO3S2/c1-2-36-30(35)25-24-12-5-6-17-33(24)27-26(25)29(28(34)20-13-15-22(32)16-14-20)38-31(27)37-18-21-10-7-9-19-8-3-4-11-23(19)21/h3-17H,2,18H2,1H3. The highest BCUT2D eigenvalue weighted by atomic mass is 79.9. The van der Waals surface area contributed by atoms with E-state index >= 15 is 0 Å². The topological polar surface area (TPSA) is 47.8 Å². The highest BCUT2D eigenvalue weighted by Gasteiger charge is 2.29. The summed E-state index contributed by atoms with van der Waals surface area (Å²) < 4.78 is 9.38. The number of aromatic nitrogens is 1. The van der Waals surface area contributed by atoms with Gasteiger partial charge in [0, 0.05) is 27.4 Å². The smallest absolute Gasteiger partial charge is 0.341 e. The number of esters is 1. The predicted molar refractivity (Wildman–Crippen MR) is 160 cm³/mol. The largest absolute Gasteiger partial charge is 0.462 e. The first-order valence-corrected chi connectivity index (χ1v) is 14.8. The number of fused-ring (bicyclic) bond motifs is 4. The number of ether oxygens (including phenoxy) is 1. The van der Waals surface area contributed by atoms with Crippen molar-refractivity contribution in [2.75, 3.05) is 6.61 Å². The van der Waals surface area contributed by atoms with Crippen molar-refractivity contribution in [3.63, 3.8) is 0 Å². The number of benzene rings is 3. The molecule has 0 aliphatic rings. The average molecular weight is 601 g/mol. The number of ketones is 1. The summed E-state index contributed by atoms with van der Waals surface area (Å²) in [6.45, 7) is 2.05. The molecule has 0 saturated carbocycles. The molecule has 0 bridgehead atoms. The van der Waals surface area contributed by atoms with Crippen molar-refractivity contribution >= 4 is 78.0 Å². The molecular weight excluding hydrogens is 578 g/mol. The Morgan fingerprint density at radius 3 is 2.53 bits per heavy atom. The molecule has 7 heteroatoms. The van der Waals surface area contributed by atoms with Gasteiger partial charge in [-0.15, -0.1) is 23.1 Å². The summed E-state index contributed by atoms with van der Waals surface area (Å²) >= 11 is 6.59. The Balaban J connectivity index is 1.55. The van der Waals surface area contributed by atoms with Crippen LogP contribution in [0, 0.1) is 0 Å². The number of carbonyl (C=O) groups is 2. The summed E-state index contributed by atoms with van der Waals surface area (Å²) in [5.41, 5.74) is 3.85. The van der Waals surface area contributed by atoms with Gasteiger partial charge in [-0.25, -0.2) is 4.79 Å². The summed E-state index contributed by atoms with van der Waals surface area (Å²) in [7, 11) is 0. The number of pyridine rings is 1. The second-order valence-corrected chi connectivity index (χ2v) is 11.9. The maximum Gasteiger partial charge on any atom is 0.341 e. The second kappa shape index (κ2) is 10.4. The molecule has 0 unspecified atom stereocenters. The van der Waals surface area contributed by atoms with Gasteiger partial charge >= 0.3 is 5.97 Å². The first kappa shape index (κ1) is 24.9. The van der Waals surface area contributed by atoms with Gasteiger partial charge in [0.1, 0.15) is 0 Å². The maximum atomic E-state index is 13.9. The Labute approximate surface area is 236 Å². The molecule has 6 rings (SSSR count). The van der Waals surface area contributed by atoms with Crippen LogP contribution in [0.3, 0.4) is 0 Å². The van der Waals surface area contributed by atoms with Crippen LogP contribution in [0.4, 0.5) is 0 Å². The molecule has 0 aliphatic heterocycles. The molecule has 0 fully saturated rings. The summed E-state index contributed by atoms with van der Waals surface area (Å²) in [6, 6.07) is 27.8. The lowest BCUT2D eigenvalue weighted by atomic mass is 10.1. The van der Waals surface area contributed by atoms with Crippen molar-refractivity contribution in [1.29, 1.82) is 0 Å². The molecule has 0 aliphatic carbocycles. The van der Waals surface area contributed by atoms with Crippen LogP contribution in [0.1, 0.15) is 38.1 Å². The number of rotatable bonds is 7. The lowest BCUT2D eigenvalue weighted by Gasteiger charge is -2.06. The molecule has 3 aromatic heterocycles. The van der Waals surface area contributed by atoms with Gasteiger partial charge in [0.15, 0.2) is 0 Å². The van der Waals surface area contributed by atoms with Gasteiger partial charge in [-0.2, -0.15) is 0 Å². The Morgan fingerprint density at radius 1 is 0.947 bits per heavy atom. The van der Waals surface area contributed by atoms with E-state index in [4.69, 9.17) is 4.74 Å². The van der Waals surface area contributed by atoms with E-state index in [1.165, 1.54) is 27.7 Å². The van der Waals surface area contributed by atoms with Gasteiger partial charge < -0.3 is 9.14 Å².